The van der Waals surface area contributed by atoms with E-state index in [2.05, 4.69) is 24.0 Å². The van der Waals surface area contributed by atoms with E-state index in [1.54, 1.807) is 12.1 Å². The molecule has 0 unspecified atom stereocenters. The summed E-state index contributed by atoms with van der Waals surface area (Å²) in [4.78, 5) is 2.21. The van der Waals surface area contributed by atoms with Crippen LogP contribution in [0.2, 0.25) is 5.02 Å². The molecule has 4 nitrogen and oxygen atoms in total. The van der Waals surface area contributed by atoms with Crippen molar-refractivity contribution in [2.75, 3.05) is 11.9 Å². The van der Waals surface area contributed by atoms with E-state index in [4.69, 9.17) is 22.5 Å². The van der Waals surface area contributed by atoms with Gasteiger partial charge in [-0.1, -0.05) is 23.7 Å². The largest absolute Gasteiger partial charge is 0.409 e. The molecule has 0 radical (unpaired) electrons. The van der Waals surface area contributed by atoms with Gasteiger partial charge in [0.2, 0.25) is 0 Å². The Balaban J connectivity index is 2.28. The van der Waals surface area contributed by atoms with Gasteiger partial charge < -0.3 is 15.8 Å². The van der Waals surface area contributed by atoms with Crippen LogP contribution in [0.15, 0.2) is 23.4 Å². The molecule has 0 heterocycles. The lowest BCUT2D eigenvalue weighted by atomic mass is 9.86. The van der Waals surface area contributed by atoms with E-state index < -0.39 is 0 Å². The second-order valence-electron chi connectivity index (χ2n) is 5.67. The lowest BCUT2D eigenvalue weighted by Crippen LogP contribution is -2.36. The van der Waals surface area contributed by atoms with Crippen molar-refractivity contribution in [2.24, 2.45) is 16.8 Å². The predicted octanol–water partition coefficient (Wildman–Crippen LogP) is 3.45. The minimum Gasteiger partial charge on any atom is -0.409 e. The Morgan fingerprint density at radius 2 is 2.00 bits per heavy atom. The lowest BCUT2D eigenvalue weighted by Gasteiger charge is -2.36. The Kier molecular flexibility index (Phi) is 4.76. The molecule has 1 saturated carbocycles. The van der Waals surface area contributed by atoms with E-state index in [0.29, 0.717) is 11.1 Å². The maximum Gasteiger partial charge on any atom is 0.172 e. The van der Waals surface area contributed by atoms with E-state index in [1.165, 1.54) is 25.7 Å². The number of benzene rings is 1. The van der Waals surface area contributed by atoms with Crippen LogP contribution in [-0.2, 0) is 0 Å². The van der Waals surface area contributed by atoms with Crippen LogP contribution >= 0.6 is 11.6 Å². The highest BCUT2D eigenvalue weighted by Gasteiger charge is 2.24. The van der Waals surface area contributed by atoms with E-state index in [-0.39, 0.29) is 5.84 Å². The molecule has 2 rings (SSSR count). The van der Waals surface area contributed by atoms with Gasteiger partial charge in [0.1, 0.15) is 0 Å². The van der Waals surface area contributed by atoms with Crippen LogP contribution in [0.1, 0.15) is 38.2 Å². The van der Waals surface area contributed by atoms with Crippen molar-refractivity contribution in [2.45, 2.75) is 38.6 Å². The van der Waals surface area contributed by atoms with Crippen molar-refractivity contribution in [3.63, 3.8) is 0 Å². The Morgan fingerprint density at radius 1 is 1.35 bits per heavy atom. The van der Waals surface area contributed by atoms with E-state index in [1.807, 2.05) is 6.07 Å². The molecule has 0 saturated heterocycles. The van der Waals surface area contributed by atoms with Crippen molar-refractivity contribution in [1.82, 2.24) is 0 Å². The average Bonchev–Trinajstić information content (AvgIpc) is 2.46. The molecule has 0 bridgehead atoms. The molecule has 1 aromatic rings. The van der Waals surface area contributed by atoms with Gasteiger partial charge in [0.25, 0.3) is 0 Å². The van der Waals surface area contributed by atoms with Crippen molar-refractivity contribution in [1.29, 1.82) is 0 Å². The molecule has 20 heavy (non-hydrogen) atoms. The van der Waals surface area contributed by atoms with Gasteiger partial charge in [-0.3, -0.25) is 0 Å². The van der Waals surface area contributed by atoms with E-state index >= 15 is 0 Å². The fourth-order valence-electron chi connectivity index (χ4n) is 2.89. The first-order valence-electron chi connectivity index (χ1n) is 7.03. The minimum absolute atomic E-state index is 0.118. The number of oxime groups is 1. The first-order chi connectivity index (χ1) is 9.52. The summed E-state index contributed by atoms with van der Waals surface area (Å²) < 4.78 is 0. The normalized spacial score (nSPS) is 23.6. The second kappa shape index (κ2) is 6.35. The molecule has 1 aliphatic rings. The number of halogens is 1. The van der Waals surface area contributed by atoms with Gasteiger partial charge in [0, 0.05) is 29.4 Å². The third-order valence-electron chi connectivity index (χ3n) is 4.26. The highest BCUT2D eigenvalue weighted by Crippen LogP contribution is 2.32. The Bertz CT molecular complexity index is 496. The van der Waals surface area contributed by atoms with Crippen LogP contribution in [0.4, 0.5) is 5.69 Å². The SMILES string of the molecule is CC1CCC(N(C)c2cc(Cl)ccc2C(N)=NO)CC1. The fraction of sp³-hybridized carbons (Fsp3) is 0.533. The maximum atomic E-state index is 8.92. The standard InChI is InChI=1S/C15H22ClN3O/c1-10-3-6-12(7-4-10)19(2)14-9-11(16)5-8-13(14)15(17)18-20/h5,8-10,12,20H,3-4,6-7H2,1-2H3,(H2,17,18). The number of rotatable bonds is 3. The number of hydrogen-bond acceptors (Lipinski definition) is 3. The molecule has 110 valence electrons. The molecule has 0 atom stereocenters. The van der Waals surface area contributed by atoms with Crippen LogP contribution in [0.3, 0.4) is 0 Å². The van der Waals surface area contributed by atoms with E-state index in [9.17, 15) is 0 Å². The number of amidine groups is 1. The molecule has 3 N–H and O–H groups in total. The summed E-state index contributed by atoms with van der Waals surface area (Å²) in [6.07, 6.45) is 4.82. The third kappa shape index (κ3) is 3.18. The molecule has 1 aromatic carbocycles. The Labute approximate surface area is 125 Å². The number of hydrogen-bond donors (Lipinski definition) is 2. The molecule has 0 aliphatic heterocycles. The molecular weight excluding hydrogens is 274 g/mol. The monoisotopic (exact) mass is 295 g/mol. The maximum absolute atomic E-state index is 8.92. The van der Waals surface area contributed by atoms with Gasteiger partial charge in [0.05, 0.1) is 0 Å². The smallest absolute Gasteiger partial charge is 0.172 e. The zero-order valence-corrected chi connectivity index (χ0v) is 12.8. The average molecular weight is 296 g/mol. The van der Waals surface area contributed by atoms with Gasteiger partial charge >= 0.3 is 0 Å². The van der Waals surface area contributed by atoms with Gasteiger partial charge in [-0.05, 0) is 49.8 Å². The lowest BCUT2D eigenvalue weighted by molar-refractivity contribution is 0.318. The summed E-state index contributed by atoms with van der Waals surface area (Å²) in [7, 11) is 2.06. The summed E-state index contributed by atoms with van der Waals surface area (Å²) in [6.45, 7) is 2.30. The second-order valence-corrected chi connectivity index (χ2v) is 6.11. The topological polar surface area (TPSA) is 61.8 Å². The Hall–Kier alpha value is -1.42. The highest BCUT2D eigenvalue weighted by molar-refractivity contribution is 6.31. The number of nitrogens with two attached hydrogens (primary N) is 1. The van der Waals surface area contributed by atoms with E-state index in [0.717, 1.165) is 17.2 Å². The highest BCUT2D eigenvalue weighted by atomic mass is 35.5. The molecule has 5 heteroatoms. The first kappa shape index (κ1) is 15.0. The molecule has 0 spiro atoms. The van der Waals surface area contributed by atoms with Crippen molar-refractivity contribution in [3.05, 3.63) is 28.8 Å². The van der Waals surface area contributed by atoms with Crippen LogP contribution in [-0.4, -0.2) is 24.1 Å². The summed E-state index contributed by atoms with van der Waals surface area (Å²) >= 11 is 6.10. The quantitative estimate of drug-likeness (QED) is 0.388. The molecule has 1 aliphatic carbocycles. The zero-order valence-electron chi connectivity index (χ0n) is 12.0. The first-order valence-corrected chi connectivity index (χ1v) is 7.41. The van der Waals surface area contributed by atoms with Crippen LogP contribution in [0.5, 0.6) is 0 Å². The van der Waals surface area contributed by atoms with Gasteiger partial charge in [-0.2, -0.15) is 0 Å². The van der Waals surface area contributed by atoms with Gasteiger partial charge in [0.15, 0.2) is 5.84 Å². The molecular formula is C15H22ClN3O. The molecule has 1 fully saturated rings. The summed E-state index contributed by atoms with van der Waals surface area (Å²) in [6, 6.07) is 5.92. The zero-order chi connectivity index (χ0) is 14.7. The number of nitrogens with zero attached hydrogens (tertiary/aromatic N) is 2. The Morgan fingerprint density at radius 3 is 2.60 bits per heavy atom. The van der Waals surface area contributed by atoms with Crippen LogP contribution in [0.25, 0.3) is 0 Å². The van der Waals surface area contributed by atoms with Crippen molar-refractivity contribution in [3.8, 4) is 0 Å². The van der Waals surface area contributed by atoms with Gasteiger partial charge in [-0.15, -0.1) is 0 Å². The minimum atomic E-state index is 0.118. The third-order valence-corrected chi connectivity index (χ3v) is 4.49. The van der Waals surface area contributed by atoms with Crippen LogP contribution < -0.4 is 10.6 Å². The fourth-order valence-corrected chi connectivity index (χ4v) is 3.06. The summed E-state index contributed by atoms with van der Waals surface area (Å²) in [5, 5.41) is 12.7. The van der Waals surface area contributed by atoms with Crippen molar-refractivity contribution >= 4 is 23.1 Å². The summed E-state index contributed by atoms with van der Waals surface area (Å²) in [5.41, 5.74) is 7.41. The summed E-state index contributed by atoms with van der Waals surface area (Å²) in [5.74, 6) is 0.926. The van der Waals surface area contributed by atoms with Crippen molar-refractivity contribution < 1.29 is 5.21 Å². The van der Waals surface area contributed by atoms with Crippen LogP contribution in [0, 0.1) is 5.92 Å². The molecule has 0 amide bonds. The molecule has 0 aromatic heterocycles. The predicted molar refractivity (Wildman–Crippen MR) is 83.8 cm³/mol. The number of anilines is 1. The van der Waals surface area contributed by atoms with Gasteiger partial charge in [-0.25, -0.2) is 0 Å².